The van der Waals surface area contributed by atoms with E-state index in [1.54, 1.807) is 0 Å². The number of nitriles is 1. The summed E-state index contributed by atoms with van der Waals surface area (Å²) in [5.74, 6) is -0.651. The Kier molecular flexibility index (Phi) is 3.17. The molecule has 2 aromatic carbocycles. The standard InChI is InChI=1S/C17H11BrN4O/c18-11-5-3-4-10(8-11)15-12(9-19)16(23)21-17-20-13-6-1-2-7-14(13)22(15)17/h1-8,12,15H,(H,20,21,23)/t12-,15+/m1/s1. The molecule has 23 heavy (non-hydrogen) atoms. The third-order valence-electron chi connectivity index (χ3n) is 4.04. The number of carbonyl (C=O) groups is 1. The lowest BCUT2D eigenvalue weighted by Crippen LogP contribution is -2.37. The van der Waals surface area contributed by atoms with Crippen LogP contribution in [-0.2, 0) is 4.79 Å². The summed E-state index contributed by atoms with van der Waals surface area (Å²) in [5, 5.41) is 12.3. The minimum atomic E-state index is -0.811. The van der Waals surface area contributed by atoms with Crippen molar-refractivity contribution in [3.63, 3.8) is 0 Å². The summed E-state index contributed by atoms with van der Waals surface area (Å²) in [4.78, 5) is 16.8. The Morgan fingerprint density at radius 1 is 1.22 bits per heavy atom. The maximum absolute atomic E-state index is 12.3. The van der Waals surface area contributed by atoms with Crippen LogP contribution in [0, 0.1) is 17.2 Å². The zero-order valence-corrected chi connectivity index (χ0v) is 13.5. The zero-order chi connectivity index (χ0) is 16.0. The van der Waals surface area contributed by atoms with E-state index in [9.17, 15) is 10.1 Å². The van der Waals surface area contributed by atoms with Crippen LogP contribution >= 0.6 is 15.9 Å². The highest BCUT2D eigenvalue weighted by atomic mass is 79.9. The van der Waals surface area contributed by atoms with Crippen molar-refractivity contribution in [3.8, 4) is 6.07 Å². The lowest BCUT2D eigenvalue weighted by molar-refractivity contribution is -0.119. The van der Waals surface area contributed by atoms with E-state index in [-0.39, 0.29) is 5.91 Å². The summed E-state index contributed by atoms with van der Waals surface area (Å²) < 4.78 is 2.84. The fourth-order valence-corrected chi connectivity index (χ4v) is 3.47. The predicted molar refractivity (Wildman–Crippen MR) is 89.7 cm³/mol. The van der Waals surface area contributed by atoms with Gasteiger partial charge in [-0.2, -0.15) is 5.26 Å². The van der Waals surface area contributed by atoms with Gasteiger partial charge in [-0.25, -0.2) is 4.98 Å². The van der Waals surface area contributed by atoms with Gasteiger partial charge >= 0.3 is 0 Å². The lowest BCUT2D eigenvalue weighted by Gasteiger charge is -2.30. The van der Waals surface area contributed by atoms with Gasteiger partial charge in [-0.1, -0.05) is 40.2 Å². The largest absolute Gasteiger partial charge is 0.300 e. The molecule has 6 heteroatoms. The number of carbonyl (C=O) groups excluding carboxylic acids is 1. The molecule has 1 N–H and O–H groups in total. The summed E-state index contributed by atoms with van der Waals surface area (Å²) >= 11 is 3.46. The van der Waals surface area contributed by atoms with Crippen LogP contribution < -0.4 is 5.32 Å². The van der Waals surface area contributed by atoms with Gasteiger partial charge in [0.1, 0.15) is 0 Å². The molecular weight excluding hydrogens is 356 g/mol. The van der Waals surface area contributed by atoms with Gasteiger partial charge in [0.15, 0.2) is 5.92 Å². The van der Waals surface area contributed by atoms with Crippen LogP contribution in [0.25, 0.3) is 11.0 Å². The van der Waals surface area contributed by atoms with Gasteiger partial charge in [0.05, 0.1) is 23.1 Å². The first-order valence-corrected chi connectivity index (χ1v) is 7.91. The Balaban J connectivity index is 2.02. The molecule has 1 aliphatic heterocycles. The van der Waals surface area contributed by atoms with Crippen molar-refractivity contribution in [2.45, 2.75) is 6.04 Å². The minimum Gasteiger partial charge on any atom is -0.300 e. The van der Waals surface area contributed by atoms with Crippen molar-refractivity contribution in [1.82, 2.24) is 9.55 Å². The highest BCUT2D eigenvalue weighted by Gasteiger charge is 2.38. The molecule has 2 atom stereocenters. The van der Waals surface area contributed by atoms with Gasteiger partial charge in [-0.3, -0.25) is 10.1 Å². The van der Waals surface area contributed by atoms with Gasteiger partial charge in [-0.05, 0) is 29.8 Å². The number of fused-ring (bicyclic) bond motifs is 3. The highest BCUT2D eigenvalue weighted by molar-refractivity contribution is 9.10. The van der Waals surface area contributed by atoms with Crippen LogP contribution in [0.1, 0.15) is 11.6 Å². The number of hydrogen-bond donors (Lipinski definition) is 1. The monoisotopic (exact) mass is 366 g/mol. The molecule has 0 spiro atoms. The summed E-state index contributed by atoms with van der Waals surface area (Å²) in [6.07, 6.45) is 0. The molecule has 0 radical (unpaired) electrons. The summed E-state index contributed by atoms with van der Waals surface area (Å²) in [6.45, 7) is 0. The number of anilines is 1. The third kappa shape index (κ3) is 2.13. The fourth-order valence-electron chi connectivity index (χ4n) is 3.06. The molecule has 0 saturated heterocycles. The highest BCUT2D eigenvalue weighted by Crippen LogP contribution is 2.38. The summed E-state index contributed by atoms with van der Waals surface area (Å²) in [6, 6.07) is 17.1. The minimum absolute atomic E-state index is 0.319. The Hall–Kier alpha value is -2.65. The van der Waals surface area contributed by atoms with Crippen LogP contribution in [-0.4, -0.2) is 15.5 Å². The predicted octanol–water partition coefficient (Wildman–Crippen LogP) is 3.48. The number of para-hydroxylation sites is 2. The van der Waals surface area contributed by atoms with E-state index in [0.717, 1.165) is 21.1 Å². The van der Waals surface area contributed by atoms with Crippen molar-refractivity contribution >= 4 is 38.8 Å². The first-order chi connectivity index (χ1) is 11.2. The molecule has 0 unspecified atom stereocenters. The zero-order valence-electron chi connectivity index (χ0n) is 11.9. The smallest absolute Gasteiger partial charge is 0.246 e. The van der Waals surface area contributed by atoms with E-state index >= 15 is 0 Å². The third-order valence-corrected chi connectivity index (χ3v) is 4.53. The SMILES string of the molecule is N#C[C@H]1C(=O)Nc2nc3ccccc3n2[C@H]1c1cccc(Br)c1. The number of halogens is 1. The number of amides is 1. The molecule has 0 fully saturated rings. The van der Waals surface area contributed by atoms with Crippen LogP contribution in [0.5, 0.6) is 0 Å². The quantitative estimate of drug-likeness (QED) is 0.716. The number of aromatic nitrogens is 2. The number of hydrogen-bond acceptors (Lipinski definition) is 3. The second-order valence-electron chi connectivity index (χ2n) is 5.39. The van der Waals surface area contributed by atoms with Gasteiger partial charge < -0.3 is 4.57 Å². The fraction of sp³-hybridized carbons (Fsp3) is 0.118. The number of nitrogens with zero attached hydrogens (tertiary/aromatic N) is 3. The normalized spacial score (nSPS) is 19.9. The number of imidazole rings is 1. The van der Waals surface area contributed by atoms with Gasteiger partial charge in [0.2, 0.25) is 11.9 Å². The Labute approximate surface area is 140 Å². The first-order valence-electron chi connectivity index (χ1n) is 7.12. The topological polar surface area (TPSA) is 70.7 Å². The molecule has 0 saturated carbocycles. The van der Waals surface area contributed by atoms with Crippen molar-refractivity contribution < 1.29 is 4.79 Å². The van der Waals surface area contributed by atoms with Crippen molar-refractivity contribution in [3.05, 3.63) is 58.6 Å². The molecule has 112 valence electrons. The van der Waals surface area contributed by atoms with Crippen molar-refractivity contribution in [2.24, 2.45) is 5.92 Å². The Bertz CT molecular complexity index is 972. The Morgan fingerprint density at radius 3 is 2.83 bits per heavy atom. The summed E-state index contributed by atoms with van der Waals surface area (Å²) in [7, 11) is 0. The van der Waals surface area contributed by atoms with Crippen molar-refractivity contribution in [1.29, 1.82) is 5.26 Å². The van der Waals surface area contributed by atoms with Gasteiger partial charge in [-0.15, -0.1) is 0 Å². The lowest BCUT2D eigenvalue weighted by atomic mass is 9.91. The number of benzene rings is 2. The van der Waals surface area contributed by atoms with E-state index in [1.807, 2.05) is 53.1 Å². The maximum atomic E-state index is 12.3. The van der Waals surface area contributed by atoms with Crippen LogP contribution in [0.4, 0.5) is 5.95 Å². The maximum Gasteiger partial charge on any atom is 0.246 e. The second kappa shape index (κ2) is 5.21. The van der Waals surface area contributed by atoms with E-state index in [0.29, 0.717) is 5.95 Å². The van der Waals surface area contributed by atoms with E-state index in [4.69, 9.17) is 0 Å². The second-order valence-corrected chi connectivity index (χ2v) is 6.31. The van der Waals surface area contributed by atoms with E-state index in [2.05, 4.69) is 32.3 Å². The van der Waals surface area contributed by atoms with E-state index < -0.39 is 12.0 Å². The molecule has 5 nitrogen and oxygen atoms in total. The molecule has 2 heterocycles. The number of nitrogens with one attached hydrogen (secondary N) is 1. The average Bonchev–Trinajstić information content (AvgIpc) is 2.91. The molecule has 3 aromatic rings. The molecule has 1 aliphatic rings. The first kappa shape index (κ1) is 14.0. The van der Waals surface area contributed by atoms with Gasteiger partial charge in [0.25, 0.3) is 0 Å². The molecular formula is C17H11BrN4O. The van der Waals surface area contributed by atoms with Crippen LogP contribution in [0.2, 0.25) is 0 Å². The van der Waals surface area contributed by atoms with E-state index in [1.165, 1.54) is 0 Å². The number of rotatable bonds is 1. The van der Waals surface area contributed by atoms with Crippen LogP contribution in [0.3, 0.4) is 0 Å². The van der Waals surface area contributed by atoms with Gasteiger partial charge in [0, 0.05) is 4.47 Å². The molecule has 0 bridgehead atoms. The Morgan fingerprint density at radius 2 is 2.04 bits per heavy atom. The molecule has 0 aliphatic carbocycles. The molecule has 1 amide bonds. The summed E-state index contributed by atoms with van der Waals surface area (Å²) in [5.41, 5.74) is 2.58. The average molecular weight is 367 g/mol. The molecule has 4 rings (SSSR count). The molecule has 1 aromatic heterocycles. The van der Waals surface area contributed by atoms with Crippen LogP contribution in [0.15, 0.2) is 53.0 Å². The van der Waals surface area contributed by atoms with Crippen molar-refractivity contribution in [2.75, 3.05) is 5.32 Å².